The quantitative estimate of drug-likeness (QED) is 0.873. The van der Waals surface area contributed by atoms with E-state index < -0.39 is 0 Å². The van der Waals surface area contributed by atoms with Gasteiger partial charge in [-0.25, -0.2) is 0 Å². The number of nitrogens with one attached hydrogen (secondary N) is 1. The van der Waals surface area contributed by atoms with Crippen LogP contribution >= 0.6 is 11.8 Å². The Morgan fingerprint density at radius 2 is 2.00 bits per heavy atom. The maximum atomic E-state index is 11.8. The van der Waals surface area contributed by atoms with Gasteiger partial charge in [0.1, 0.15) is 5.82 Å². The number of thioether (sulfide) groups is 1. The first-order valence-corrected chi connectivity index (χ1v) is 7.03. The molecule has 1 aromatic heterocycles. The summed E-state index contributed by atoms with van der Waals surface area (Å²) in [5.41, 5.74) is 2.11. The van der Waals surface area contributed by atoms with Crippen molar-refractivity contribution in [3.63, 3.8) is 0 Å². The average molecular weight is 275 g/mol. The van der Waals surface area contributed by atoms with Gasteiger partial charge < -0.3 is 5.32 Å². The van der Waals surface area contributed by atoms with Gasteiger partial charge in [0.2, 0.25) is 5.91 Å². The summed E-state index contributed by atoms with van der Waals surface area (Å²) >= 11 is 1.53. The van der Waals surface area contributed by atoms with E-state index in [1.807, 2.05) is 51.2 Å². The second kappa shape index (κ2) is 5.93. The van der Waals surface area contributed by atoms with E-state index in [4.69, 9.17) is 0 Å². The Kier molecular flexibility index (Phi) is 4.27. The smallest absolute Gasteiger partial charge is 0.235 e. The number of benzene rings is 1. The van der Waals surface area contributed by atoms with Crippen LogP contribution in [0.4, 0.5) is 5.82 Å². The van der Waals surface area contributed by atoms with Gasteiger partial charge in [0.05, 0.1) is 11.4 Å². The molecule has 0 aliphatic carbocycles. The van der Waals surface area contributed by atoms with Crippen LogP contribution in [-0.2, 0) is 11.8 Å². The maximum Gasteiger partial charge on any atom is 0.235 e. The topological polar surface area (TPSA) is 46.9 Å². The van der Waals surface area contributed by atoms with Crippen molar-refractivity contribution in [3.8, 4) is 0 Å². The first kappa shape index (κ1) is 13.7. The molecule has 2 aromatic rings. The van der Waals surface area contributed by atoms with Gasteiger partial charge >= 0.3 is 0 Å². The lowest BCUT2D eigenvalue weighted by atomic mass is 10.2. The van der Waals surface area contributed by atoms with Crippen LogP contribution in [0.1, 0.15) is 11.3 Å². The summed E-state index contributed by atoms with van der Waals surface area (Å²) in [7, 11) is 1.82. The van der Waals surface area contributed by atoms with Gasteiger partial charge in [0, 0.05) is 18.0 Å². The predicted octanol–water partition coefficient (Wildman–Crippen LogP) is 2.77. The van der Waals surface area contributed by atoms with Crippen LogP contribution in [0, 0.1) is 13.8 Å². The minimum Gasteiger partial charge on any atom is -0.310 e. The van der Waals surface area contributed by atoms with Crippen LogP contribution in [0.3, 0.4) is 0 Å². The lowest BCUT2D eigenvalue weighted by Gasteiger charge is -2.05. The fraction of sp³-hybridized carbons (Fsp3) is 0.286. The van der Waals surface area contributed by atoms with Crippen molar-refractivity contribution >= 4 is 23.5 Å². The van der Waals surface area contributed by atoms with E-state index in [-0.39, 0.29) is 5.91 Å². The lowest BCUT2D eigenvalue weighted by molar-refractivity contribution is -0.113. The Hall–Kier alpha value is -1.75. The second-order valence-electron chi connectivity index (χ2n) is 4.44. The molecule has 0 aliphatic heterocycles. The van der Waals surface area contributed by atoms with Gasteiger partial charge in [-0.3, -0.25) is 9.48 Å². The number of hydrogen-bond acceptors (Lipinski definition) is 3. The van der Waals surface area contributed by atoms with E-state index in [1.54, 1.807) is 4.68 Å². The fourth-order valence-electron chi connectivity index (χ4n) is 1.69. The highest BCUT2D eigenvalue weighted by molar-refractivity contribution is 8.00. The summed E-state index contributed by atoms with van der Waals surface area (Å²) in [4.78, 5) is 12.9. The monoisotopic (exact) mass is 275 g/mol. The Balaban J connectivity index is 1.88. The van der Waals surface area contributed by atoms with Crippen molar-refractivity contribution in [3.05, 3.63) is 41.6 Å². The maximum absolute atomic E-state index is 11.8. The van der Waals surface area contributed by atoms with Crippen LogP contribution < -0.4 is 5.32 Å². The zero-order chi connectivity index (χ0) is 13.8. The number of aromatic nitrogens is 2. The van der Waals surface area contributed by atoms with E-state index in [2.05, 4.69) is 10.4 Å². The van der Waals surface area contributed by atoms with Crippen LogP contribution in [0.25, 0.3) is 0 Å². The Bertz CT molecular complexity index is 575. The Morgan fingerprint density at radius 1 is 1.32 bits per heavy atom. The summed E-state index contributed by atoms with van der Waals surface area (Å²) in [6, 6.07) is 10.0. The molecule has 1 amide bonds. The number of rotatable bonds is 4. The molecule has 4 nitrogen and oxygen atoms in total. The molecule has 1 N–H and O–H groups in total. The first-order valence-electron chi connectivity index (χ1n) is 6.04. The summed E-state index contributed by atoms with van der Waals surface area (Å²) in [5, 5.41) is 7.04. The number of nitrogens with zero attached hydrogens (tertiary/aromatic N) is 2. The second-order valence-corrected chi connectivity index (χ2v) is 5.49. The molecular formula is C14H17N3OS. The van der Waals surface area contributed by atoms with Crippen molar-refractivity contribution in [2.24, 2.45) is 7.05 Å². The van der Waals surface area contributed by atoms with Crippen molar-refractivity contribution in [2.75, 3.05) is 11.1 Å². The van der Waals surface area contributed by atoms with E-state index in [0.717, 1.165) is 16.4 Å². The zero-order valence-corrected chi connectivity index (χ0v) is 12.1. The summed E-state index contributed by atoms with van der Waals surface area (Å²) in [6.45, 7) is 3.95. The largest absolute Gasteiger partial charge is 0.310 e. The molecule has 0 bridgehead atoms. The van der Waals surface area contributed by atoms with Crippen LogP contribution in [-0.4, -0.2) is 21.4 Å². The SMILES string of the molecule is Cc1ccc(SCC(=O)Nc2cc(C)nn2C)cc1. The lowest BCUT2D eigenvalue weighted by Crippen LogP contribution is -2.16. The molecule has 2 rings (SSSR count). The van der Waals surface area contributed by atoms with E-state index in [1.165, 1.54) is 17.3 Å². The van der Waals surface area contributed by atoms with Gasteiger partial charge in [-0.05, 0) is 26.0 Å². The molecule has 1 heterocycles. The predicted molar refractivity (Wildman–Crippen MR) is 78.5 cm³/mol. The number of anilines is 1. The van der Waals surface area contributed by atoms with Crippen molar-refractivity contribution in [2.45, 2.75) is 18.7 Å². The molecule has 0 aliphatic rings. The van der Waals surface area contributed by atoms with Crippen LogP contribution in [0.5, 0.6) is 0 Å². The molecule has 0 fully saturated rings. The number of aryl methyl sites for hydroxylation is 3. The number of amides is 1. The summed E-state index contributed by atoms with van der Waals surface area (Å²) in [5.74, 6) is 1.10. The number of carbonyl (C=O) groups excluding carboxylic acids is 1. The molecule has 0 radical (unpaired) electrons. The standard InChI is InChI=1S/C14H17N3OS/c1-10-4-6-12(7-5-10)19-9-14(18)15-13-8-11(2)16-17(13)3/h4-8H,9H2,1-3H3,(H,15,18). The minimum absolute atomic E-state index is 0.0198. The molecular weight excluding hydrogens is 258 g/mol. The zero-order valence-electron chi connectivity index (χ0n) is 11.3. The van der Waals surface area contributed by atoms with Gasteiger partial charge in [0.25, 0.3) is 0 Å². The van der Waals surface area contributed by atoms with Gasteiger partial charge in [-0.2, -0.15) is 5.10 Å². The highest BCUT2D eigenvalue weighted by atomic mass is 32.2. The molecule has 1 aromatic carbocycles. The van der Waals surface area contributed by atoms with E-state index in [0.29, 0.717) is 5.75 Å². The molecule has 5 heteroatoms. The number of carbonyl (C=O) groups is 1. The Labute approximate surface area is 117 Å². The minimum atomic E-state index is -0.0198. The van der Waals surface area contributed by atoms with Crippen LogP contribution in [0.15, 0.2) is 35.2 Å². The third-order valence-corrected chi connectivity index (χ3v) is 3.67. The van der Waals surface area contributed by atoms with Gasteiger partial charge in [0.15, 0.2) is 0 Å². The molecule has 19 heavy (non-hydrogen) atoms. The third-order valence-electron chi connectivity index (χ3n) is 2.66. The normalized spacial score (nSPS) is 10.5. The number of hydrogen-bond donors (Lipinski definition) is 1. The van der Waals surface area contributed by atoms with Gasteiger partial charge in [-0.15, -0.1) is 11.8 Å². The highest BCUT2D eigenvalue weighted by Crippen LogP contribution is 2.18. The van der Waals surface area contributed by atoms with Gasteiger partial charge in [-0.1, -0.05) is 17.7 Å². The molecule has 0 spiro atoms. The average Bonchev–Trinajstić information content (AvgIpc) is 2.67. The molecule has 0 saturated heterocycles. The third kappa shape index (κ3) is 3.86. The van der Waals surface area contributed by atoms with Crippen molar-refractivity contribution in [1.82, 2.24) is 9.78 Å². The fourth-order valence-corrected chi connectivity index (χ4v) is 2.39. The van der Waals surface area contributed by atoms with E-state index in [9.17, 15) is 4.79 Å². The van der Waals surface area contributed by atoms with Crippen molar-refractivity contribution in [1.29, 1.82) is 0 Å². The highest BCUT2D eigenvalue weighted by Gasteiger charge is 2.07. The van der Waals surface area contributed by atoms with E-state index >= 15 is 0 Å². The summed E-state index contributed by atoms with van der Waals surface area (Å²) < 4.78 is 1.67. The van der Waals surface area contributed by atoms with Crippen molar-refractivity contribution < 1.29 is 4.79 Å². The Morgan fingerprint density at radius 3 is 2.58 bits per heavy atom. The molecule has 0 saturated carbocycles. The first-order chi connectivity index (χ1) is 9.04. The molecule has 0 unspecified atom stereocenters. The molecule has 0 atom stereocenters. The summed E-state index contributed by atoms with van der Waals surface area (Å²) in [6.07, 6.45) is 0. The van der Waals surface area contributed by atoms with Crippen LogP contribution in [0.2, 0.25) is 0 Å². The molecule has 100 valence electrons.